The maximum atomic E-state index is 11.5. The van der Waals surface area contributed by atoms with Crippen molar-refractivity contribution < 1.29 is 9.53 Å². The number of hydrogen-bond donors (Lipinski definition) is 1. The molecule has 1 fully saturated rings. The van der Waals surface area contributed by atoms with Crippen LogP contribution in [0.1, 0.15) is 12.6 Å². The van der Waals surface area contributed by atoms with E-state index in [0.717, 1.165) is 43.3 Å². The standard InChI is InChI=1S/C18H24N4O2/c1-3-24-17(23)12-15-13-19-18(20-15)14-4-6-16(7-5-14)22-10-8-21(2)9-11-22/h4-7,13H,3,8-12H2,1-2H3,(H,19,20). The minimum Gasteiger partial charge on any atom is -0.466 e. The van der Waals surface area contributed by atoms with E-state index in [0.29, 0.717) is 6.61 Å². The fourth-order valence-corrected chi connectivity index (χ4v) is 2.86. The Morgan fingerprint density at radius 3 is 2.58 bits per heavy atom. The van der Waals surface area contributed by atoms with Crippen molar-refractivity contribution in [2.45, 2.75) is 13.3 Å². The van der Waals surface area contributed by atoms with Gasteiger partial charge in [0.25, 0.3) is 0 Å². The molecule has 1 aromatic heterocycles. The molecule has 6 nitrogen and oxygen atoms in total. The number of ether oxygens (including phenoxy) is 1. The topological polar surface area (TPSA) is 61.5 Å². The van der Waals surface area contributed by atoms with Gasteiger partial charge in [-0.05, 0) is 38.2 Å². The van der Waals surface area contributed by atoms with Gasteiger partial charge in [-0.3, -0.25) is 4.79 Å². The van der Waals surface area contributed by atoms with Crippen molar-refractivity contribution in [3.63, 3.8) is 0 Å². The first-order chi connectivity index (χ1) is 11.7. The molecule has 0 bridgehead atoms. The van der Waals surface area contributed by atoms with Crippen LogP contribution in [0.25, 0.3) is 11.4 Å². The summed E-state index contributed by atoms with van der Waals surface area (Å²) in [5.41, 5.74) is 3.03. The molecule has 1 aliphatic rings. The summed E-state index contributed by atoms with van der Waals surface area (Å²) in [4.78, 5) is 23.8. The molecule has 0 aliphatic carbocycles. The van der Waals surface area contributed by atoms with E-state index in [4.69, 9.17) is 4.74 Å². The van der Waals surface area contributed by atoms with E-state index in [1.807, 2.05) is 0 Å². The van der Waals surface area contributed by atoms with Crippen LogP contribution < -0.4 is 4.90 Å². The van der Waals surface area contributed by atoms with E-state index in [1.165, 1.54) is 5.69 Å². The Bertz CT molecular complexity index is 673. The quantitative estimate of drug-likeness (QED) is 0.850. The van der Waals surface area contributed by atoms with Crippen LogP contribution in [0.15, 0.2) is 30.5 Å². The number of hydrogen-bond acceptors (Lipinski definition) is 5. The van der Waals surface area contributed by atoms with E-state index < -0.39 is 0 Å². The Balaban J connectivity index is 1.65. The summed E-state index contributed by atoms with van der Waals surface area (Å²) in [6.07, 6.45) is 1.92. The average Bonchev–Trinajstić information content (AvgIpc) is 3.04. The molecule has 0 spiro atoms. The highest BCUT2D eigenvalue weighted by Crippen LogP contribution is 2.22. The molecule has 6 heteroatoms. The molecular weight excluding hydrogens is 304 g/mol. The number of likely N-dealkylation sites (N-methyl/N-ethyl adjacent to an activating group) is 1. The second-order valence-electron chi connectivity index (χ2n) is 6.08. The molecule has 0 unspecified atom stereocenters. The number of carbonyl (C=O) groups excluding carboxylic acids is 1. The summed E-state index contributed by atoms with van der Waals surface area (Å²) >= 11 is 0. The SMILES string of the molecule is CCOC(=O)Cc1cnc(-c2ccc(N3CCN(C)CC3)cc2)[nH]1. The van der Waals surface area contributed by atoms with Gasteiger partial charge in [0.05, 0.1) is 13.0 Å². The number of aromatic nitrogens is 2. The molecule has 1 saturated heterocycles. The van der Waals surface area contributed by atoms with Gasteiger partial charge in [-0.2, -0.15) is 0 Å². The number of benzene rings is 1. The smallest absolute Gasteiger partial charge is 0.311 e. The Kier molecular flexibility index (Phi) is 5.15. The number of nitrogens with zero attached hydrogens (tertiary/aromatic N) is 3. The van der Waals surface area contributed by atoms with Gasteiger partial charge in [-0.1, -0.05) is 0 Å². The second-order valence-corrected chi connectivity index (χ2v) is 6.08. The van der Waals surface area contributed by atoms with Gasteiger partial charge >= 0.3 is 5.97 Å². The van der Waals surface area contributed by atoms with E-state index in [-0.39, 0.29) is 12.4 Å². The van der Waals surface area contributed by atoms with Crippen molar-refractivity contribution in [3.05, 3.63) is 36.2 Å². The summed E-state index contributed by atoms with van der Waals surface area (Å²) in [7, 11) is 2.16. The molecule has 2 heterocycles. The summed E-state index contributed by atoms with van der Waals surface area (Å²) < 4.78 is 4.96. The summed E-state index contributed by atoms with van der Waals surface area (Å²) in [5.74, 6) is 0.539. The molecule has 0 amide bonds. The van der Waals surface area contributed by atoms with Gasteiger partial charge < -0.3 is 19.5 Å². The molecule has 2 aromatic rings. The summed E-state index contributed by atoms with van der Waals surface area (Å²) in [6, 6.07) is 8.41. The number of nitrogens with one attached hydrogen (secondary N) is 1. The third kappa shape index (κ3) is 3.94. The molecule has 0 radical (unpaired) electrons. The lowest BCUT2D eigenvalue weighted by atomic mass is 10.1. The molecule has 3 rings (SSSR count). The lowest BCUT2D eigenvalue weighted by Gasteiger charge is -2.34. The van der Waals surface area contributed by atoms with Crippen LogP contribution in [0.2, 0.25) is 0 Å². The van der Waals surface area contributed by atoms with E-state index >= 15 is 0 Å². The normalized spacial score (nSPS) is 15.5. The first kappa shape index (κ1) is 16.5. The second kappa shape index (κ2) is 7.49. The molecule has 24 heavy (non-hydrogen) atoms. The number of H-pyrrole nitrogens is 1. The van der Waals surface area contributed by atoms with Crippen LogP contribution in [0.3, 0.4) is 0 Å². The summed E-state index contributed by atoms with van der Waals surface area (Å²) in [5, 5.41) is 0. The van der Waals surface area contributed by atoms with E-state index in [9.17, 15) is 4.79 Å². The molecule has 128 valence electrons. The number of anilines is 1. The molecule has 1 aromatic carbocycles. The van der Waals surface area contributed by atoms with Crippen LogP contribution in [0, 0.1) is 0 Å². The van der Waals surface area contributed by atoms with Crippen molar-refractivity contribution in [3.8, 4) is 11.4 Å². The number of carbonyl (C=O) groups is 1. The van der Waals surface area contributed by atoms with Crippen LogP contribution >= 0.6 is 0 Å². The lowest BCUT2D eigenvalue weighted by molar-refractivity contribution is -0.142. The van der Waals surface area contributed by atoms with Crippen molar-refractivity contribution >= 4 is 11.7 Å². The first-order valence-corrected chi connectivity index (χ1v) is 8.39. The largest absolute Gasteiger partial charge is 0.466 e. The van der Waals surface area contributed by atoms with Gasteiger partial charge in [0.15, 0.2) is 0 Å². The zero-order chi connectivity index (χ0) is 16.9. The highest BCUT2D eigenvalue weighted by Gasteiger charge is 2.14. The molecule has 0 atom stereocenters. The highest BCUT2D eigenvalue weighted by atomic mass is 16.5. The Hall–Kier alpha value is -2.34. The molecular formula is C18H24N4O2. The maximum absolute atomic E-state index is 11.5. The van der Waals surface area contributed by atoms with Gasteiger partial charge in [-0.15, -0.1) is 0 Å². The third-order valence-corrected chi connectivity index (χ3v) is 4.28. The number of aromatic amines is 1. The fraction of sp³-hybridized carbons (Fsp3) is 0.444. The fourth-order valence-electron chi connectivity index (χ4n) is 2.86. The number of esters is 1. The van der Waals surface area contributed by atoms with E-state index in [2.05, 4.69) is 51.1 Å². The monoisotopic (exact) mass is 328 g/mol. The molecule has 0 saturated carbocycles. The zero-order valence-corrected chi connectivity index (χ0v) is 14.3. The van der Waals surface area contributed by atoms with Gasteiger partial charge in [0.2, 0.25) is 0 Å². The first-order valence-electron chi connectivity index (χ1n) is 8.39. The lowest BCUT2D eigenvalue weighted by Crippen LogP contribution is -2.44. The number of imidazole rings is 1. The van der Waals surface area contributed by atoms with E-state index in [1.54, 1.807) is 13.1 Å². The molecule has 1 N–H and O–H groups in total. The van der Waals surface area contributed by atoms with Gasteiger partial charge in [-0.25, -0.2) is 4.98 Å². The highest BCUT2D eigenvalue weighted by molar-refractivity contribution is 5.72. The van der Waals surface area contributed by atoms with Crippen molar-refractivity contribution in [1.82, 2.24) is 14.9 Å². The van der Waals surface area contributed by atoms with Crippen molar-refractivity contribution in [2.24, 2.45) is 0 Å². The van der Waals surface area contributed by atoms with Crippen LogP contribution in [0.4, 0.5) is 5.69 Å². The summed E-state index contributed by atoms with van der Waals surface area (Å²) in [6.45, 7) is 6.50. The van der Waals surface area contributed by atoms with Crippen molar-refractivity contribution in [1.29, 1.82) is 0 Å². The van der Waals surface area contributed by atoms with Gasteiger partial charge in [0.1, 0.15) is 5.82 Å². The molecule has 1 aliphatic heterocycles. The van der Waals surface area contributed by atoms with Crippen molar-refractivity contribution in [2.75, 3.05) is 44.7 Å². The maximum Gasteiger partial charge on any atom is 0.311 e. The van der Waals surface area contributed by atoms with Gasteiger partial charge in [0, 0.05) is 49.3 Å². The zero-order valence-electron chi connectivity index (χ0n) is 14.3. The Labute approximate surface area is 142 Å². The Morgan fingerprint density at radius 2 is 1.92 bits per heavy atom. The predicted octanol–water partition coefficient (Wildman–Crippen LogP) is 1.93. The minimum atomic E-state index is -0.238. The number of rotatable bonds is 5. The minimum absolute atomic E-state index is 0.222. The third-order valence-electron chi connectivity index (χ3n) is 4.28. The van der Waals surface area contributed by atoms with Crippen LogP contribution in [0.5, 0.6) is 0 Å². The van der Waals surface area contributed by atoms with Crippen LogP contribution in [-0.2, 0) is 16.0 Å². The average molecular weight is 328 g/mol. The van der Waals surface area contributed by atoms with Crippen LogP contribution in [-0.4, -0.2) is 60.7 Å². The number of piperazine rings is 1. The Morgan fingerprint density at radius 1 is 1.21 bits per heavy atom. The predicted molar refractivity (Wildman–Crippen MR) is 94.1 cm³/mol.